The molecule has 0 radical (unpaired) electrons. The standard InChI is InChI=1S/C56H50N14O10S6/c1-4-59-56(79)80-38-18-70-43(24(38)2)54-67-37(23-85-54)51-63-33(19-82-51)41-29(14-15-30(60-41)50-64-34(20-83-50)45(58)74)49-65-35(21-81-49)46(75)61-31(17-39(57)72)52-69-40(25(3)86-52)48(77)68-42(44(73)27-8-6-5-7-9-27)53-66-36(22-84-53)47(76)62-32(55(70)78)16-26-10-12-28(71)13-11-26/h5-15,19-24,31-32,38,42-44,71,73H,4,16-18H2,1-3H3,(H2,57,72)(H2,58,74)(H,59,79)(H,61,75)(H,62,76)(H,68,77)/t24-,31-,32-,38-,42-,43-,44+/m0/s1. The van der Waals surface area contributed by atoms with Crippen LogP contribution in [0.2, 0.25) is 0 Å². The smallest absolute Gasteiger partial charge is 0.407 e. The lowest BCUT2D eigenvalue weighted by Crippen LogP contribution is -2.50. The van der Waals surface area contributed by atoms with Gasteiger partial charge in [-0.1, -0.05) is 49.4 Å². The second-order valence-electron chi connectivity index (χ2n) is 19.8. The molecule has 10 N–H and O–H groups in total. The first-order valence-electron chi connectivity index (χ1n) is 26.4. The van der Waals surface area contributed by atoms with Crippen LogP contribution in [0.15, 0.2) is 93.6 Å². The van der Waals surface area contributed by atoms with Crippen molar-refractivity contribution < 1.29 is 48.5 Å². The van der Waals surface area contributed by atoms with Gasteiger partial charge in [-0.25, -0.2) is 39.7 Å². The number of fused-ring (bicyclic) bond motifs is 16. The number of aromatic nitrogens is 7. The lowest BCUT2D eigenvalue weighted by atomic mass is 10.00. The van der Waals surface area contributed by atoms with Crippen LogP contribution < -0.4 is 32.7 Å². The summed E-state index contributed by atoms with van der Waals surface area (Å²) in [7, 11) is 0. The molecule has 2 aliphatic heterocycles. The predicted octanol–water partition coefficient (Wildman–Crippen LogP) is 7.14. The number of carbonyl (C=O) groups is 7. The van der Waals surface area contributed by atoms with E-state index in [1.54, 1.807) is 79.2 Å². The number of thiazole rings is 6. The number of primary amides is 2. The van der Waals surface area contributed by atoms with Crippen LogP contribution in [0.5, 0.6) is 5.75 Å². The first-order valence-corrected chi connectivity index (χ1v) is 31.6. The molecule has 0 saturated carbocycles. The number of phenols is 1. The van der Waals surface area contributed by atoms with Gasteiger partial charge in [0.15, 0.2) is 0 Å². The molecular weight excluding hydrogens is 1220 g/mol. The molecule has 9 aromatic rings. The molecule has 0 spiro atoms. The maximum atomic E-state index is 15.5. The van der Waals surface area contributed by atoms with E-state index in [2.05, 4.69) is 36.2 Å². The third-order valence-electron chi connectivity index (χ3n) is 14.0. The quantitative estimate of drug-likeness (QED) is 0.0674. The van der Waals surface area contributed by atoms with Gasteiger partial charge in [-0.3, -0.25) is 28.8 Å². The van der Waals surface area contributed by atoms with Crippen LogP contribution in [0.1, 0.15) is 117 Å². The minimum absolute atomic E-state index is 0.0179. The second-order valence-corrected chi connectivity index (χ2v) is 25.4. The van der Waals surface area contributed by atoms with Crippen molar-refractivity contribution in [1.29, 1.82) is 0 Å². The molecule has 9 heterocycles. The fourth-order valence-corrected chi connectivity index (χ4v) is 15.1. The van der Waals surface area contributed by atoms with Crippen molar-refractivity contribution in [2.45, 2.75) is 70.0 Å². The number of amides is 7. The number of rotatable bonds is 10. The molecular formula is C56H50N14O10S6. The van der Waals surface area contributed by atoms with Crippen molar-refractivity contribution in [2.24, 2.45) is 17.4 Å². The van der Waals surface area contributed by atoms with Crippen LogP contribution in [0.4, 0.5) is 4.79 Å². The normalized spacial score (nSPS) is 19.4. The van der Waals surface area contributed by atoms with Crippen molar-refractivity contribution >= 4 is 110 Å². The summed E-state index contributed by atoms with van der Waals surface area (Å²) < 4.78 is 5.95. The molecule has 24 nitrogen and oxygen atoms in total. The number of ether oxygens (including phenoxy) is 1. The van der Waals surface area contributed by atoms with Gasteiger partial charge < -0.3 is 52.6 Å². The second kappa shape index (κ2) is 25.0. The highest BCUT2D eigenvalue weighted by Crippen LogP contribution is 2.44. The van der Waals surface area contributed by atoms with Gasteiger partial charge in [-0.05, 0) is 49.2 Å². The molecule has 11 rings (SSSR count). The van der Waals surface area contributed by atoms with Crippen LogP contribution in [-0.4, -0.2) is 117 Å². The van der Waals surface area contributed by atoms with Crippen LogP contribution in [0.3, 0.4) is 0 Å². The van der Waals surface area contributed by atoms with E-state index in [0.717, 1.165) is 45.3 Å². The lowest BCUT2D eigenvalue weighted by molar-refractivity contribution is -0.134. The molecule has 1 saturated heterocycles. The van der Waals surface area contributed by atoms with Gasteiger partial charge in [-0.2, -0.15) is 0 Å². The summed E-state index contributed by atoms with van der Waals surface area (Å²) in [6.07, 6.45) is -3.41. The molecule has 1 fully saturated rings. The van der Waals surface area contributed by atoms with Gasteiger partial charge in [0.05, 0.1) is 30.7 Å². The number of hydrogen-bond acceptors (Lipinski definition) is 23. The first kappa shape index (κ1) is 59.0. The molecule has 86 heavy (non-hydrogen) atoms. The first-order chi connectivity index (χ1) is 41.4. The van der Waals surface area contributed by atoms with E-state index >= 15 is 4.79 Å². The van der Waals surface area contributed by atoms with Gasteiger partial charge in [0.25, 0.3) is 23.6 Å². The summed E-state index contributed by atoms with van der Waals surface area (Å²) in [6, 6.07) is 13.6. The number of nitrogens with one attached hydrogen (secondary N) is 4. The number of aliphatic hydroxyl groups is 1. The molecule has 30 heteroatoms. The molecule has 0 aliphatic carbocycles. The molecule has 7 atom stereocenters. The van der Waals surface area contributed by atoms with E-state index in [9.17, 15) is 39.0 Å². The van der Waals surface area contributed by atoms with Crippen LogP contribution in [-0.2, 0) is 20.7 Å². The fourth-order valence-electron chi connectivity index (χ4n) is 9.76. The Balaban J connectivity index is 1.03. The number of benzene rings is 2. The molecule has 0 unspecified atom stereocenters. The summed E-state index contributed by atoms with van der Waals surface area (Å²) in [4.78, 5) is 132. The summed E-state index contributed by atoms with van der Waals surface area (Å²) in [5.74, 6) is -4.83. The van der Waals surface area contributed by atoms with Crippen molar-refractivity contribution in [2.75, 3.05) is 13.1 Å². The van der Waals surface area contributed by atoms with E-state index in [1.807, 2.05) is 6.92 Å². The number of nitrogens with two attached hydrogens (primary N) is 2. The Labute approximate surface area is 512 Å². The minimum atomic E-state index is -1.43. The van der Waals surface area contributed by atoms with E-state index in [4.69, 9.17) is 36.1 Å². The molecule has 7 amide bonds. The number of pyridine rings is 1. The van der Waals surface area contributed by atoms with Crippen molar-refractivity contribution in [1.82, 2.24) is 61.1 Å². The Bertz CT molecular complexity index is 4070. The average molecular weight is 1270 g/mol. The Hall–Kier alpha value is -8.78. The lowest BCUT2D eigenvalue weighted by Gasteiger charge is -2.29. The fraction of sp³-hybridized carbons (Fsp3) is 0.250. The number of alkyl carbamates (subject to hydrolysis) is 1. The van der Waals surface area contributed by atoms with E-state index in [1.165, 1.54) is 55.8 Å². The van der Waals surface area contributed by atoms with E-state index < -0.39 is 90.3 Å². The summed E-state index contributed by atoms with van der Waals surface area (Å²) >= 11 is 6.83. The number of aliphatic hydroxyl groups excluding tert-OH is 1. The van der Waals surface area contributed by atoms with Gasteiger partial charge >= 0.3 is 6.09 Å². The summed E-state index contributed by atoms with van der Waals surface area (Å²) in [5.41, 5.74) is 14.1. The highest BCUT2D eigenvalue weighted by Gasteiger charge is 2.48. The largest absolute Gasteiger partial charge is 0.508 e. The Morgan fingerprint density at radius 2 is 1.35 bits per heavy atom. The van der Waals surface area contributed by atoms with Gasteiger partial charge in [0.2, 0.25) is 11.8 Å². The van der Waals surface area contributed by atoms with E-state index in [-0.39, 0.29) is 58.1 Å². The Kier molecular flexibility index (Phi) is 17.2. The van der Waals surface area contributed by atoms with Gasteiger partial charge in [0.1, 0.15) is 99.9 Å². The average Bonchev–Trinajstić information content (AvgIpc) is 3.59. The van der Waals surface area contributed by atoms with Gasteiger partial charge in [0, 0.05) is 56.2 Å². The molecule has 7 aromatic heterocycles. The van der Waals surface area contributed by atoms with Crippen molar-refractivity contribution in [3.05, 3.63) is 147 Å². The number of carbonyl (C=O) groups excluding carboxylic acids is 7. The third kappa shape index (κ3) is 12.5. The van der Waals surface area contributed by atoms with Gasteiger partial charge in [-0.15, -0.1) is 68.0 Å². The summed E-state index contributed by atoms with van der Waals surface area (Å²) in [6.45, 7) is 5.41. The zero-order chi connectivity index (χ0) is 60.5. The minimum Gasteiger partial charge on any atom is -0.508 e. The number of hydrogen-bond donors (Lipinski definition) is 8. The van der Waals surface area contributed by atoms with Crippen molar-refractivity contribution in [3.8, 4) is 49.1 Å². The Morgan fingerprint density at radius 1 is 0.698 bits per heavy atom. The maximum Gasteiger partial charge on any atom is 0.407 e. The number of aromatic hydroxyl groups is 1. The zero-order valence-corrected chi connectivity index (χ0v) is 50.3. The zero-order valence-electron chi connectivity index (χ0n) is 45.4. The maximum absolute atomic E-state index is 15.5. The van der Waals surface area contributed by atoms with Crippen molar-refractivity contribution in [3.63, 3.8) is 0 Å². The Morgan fingerprint density at radius 3 is 2.08 bits per heavy atom. The van der Waals surface area contributed by atoms with Crippen LogP contribution >= 0.6 is 68.0 Å². The van der Waals surface area contributed by atoms with Crippen LogP contribution in [0, 0.1) is 12.8 Å². The number of phenolic OH excluding ortho intramolecular Hbond substituents is 1. The highest BCUT2D eigenvalue weighted by atomic mass is 32.1. The molecule has 10 bridgehead atoms. The molecule has 2 aromatic carbocycles. The number of aryl methyl sites for hydroxylation is 1. The SMILES string of the molecule is CCNC(=O)O[C@H]1CN2C(=O)[C@H](Cc3ccc(O)cc3)NC(=O)c3csc(n3)[C@H]([C@H](O)c3ccccc3)NC(=O)c3nc(sc3C)[C@H](CC(N)=O)NC(=O)c3csc(n3)-c3ccc(-c4nc(C(N)=O)cs4)nc3-c3csc(n3)-c3csc(n3)[C@@H]2[C@H]1C. The highest BCUT2D eigenvalue weighted by molar-refractivity contribution is 7.15. The van der Waals surface area contributed by atoms with E-state index in [0.29, 0.717) is 64.4 Å². The molecule has 440 valence electrons. The topological polar surface area (TPSA) is 363 Å². The number of nitrogens with zero attached hydrogens (tertiary/aromatic N) is 8. The predicted molar refractivity (Wildman–Crippen MR) is 322 cm³/mol. The van der Waals surface area contributed by atoms with Crippen LogP contribution in [0.25, 0.3) is 43.4 Å². The molecule has 2 aliphatic rings. The monoisotopic (exact) mass is 1270 g/mol. The third-order valence-corrected chi connectivity index (χ3v) is 19.6. The summed E-state index contributed by atoms with van der Waals surface area (Å²) in [5, 5.41) is 43.5.